The summed E-state index contributed by atoms with van der Waals surface area (Å²) in [6.07, 6.45) is 4.69. The summed E-state index contributed by atoms with van der Waals surface area (Å²) in [4.78, 5) is 3.33. The quantitative estimate of drug-likeness (QED) is 0.694. The van der Waals surface area contributed by atoms with Gasteiger partial charge in [0.2, 0.25) is 5.39 Å². The number of hydrogen-bond donors (Lipinski definition) is 2. The number of aliphatic hydroxyl groups excluding tert-OH is 1. The molecule has 0 amide bonds. The molecule has 0 spiro atoms. The zero-order chi connectivity index (χ0) is 15.5. The van der Waals surface area contributed by atoms with Crippen LogP contribution in [0.15, 0.2) is 29.7 Å². The third-order valence-corrected chi connectivity index (χ3v) is 6.45. The van der Waals surface area contributed by atoms with Crippen molar-refractivity contribution in [3.63, 3.8) is 0 Å². The lowest BCUT2D eigenvalue weighted by Gasteiger charge is -2.48. The number of benzene rings is 1. The number of aliphatic hydroxyl groups is 1. The summed E-state index contributed by atoms with van der Waals surface area (Å²) in [6.45, 7) is 2.12. The first kappa shape index (κ1) is 13.6. The molecule has 4 rings (SSSR count). The summed E-state index contributed by atoms with van der Waals surface area (Å²) >= 11 is 0. The number of phenolic OH excluding ortho intramolecular Hbond substituents is 1. The monoisotopic (exact) mass is 297 g/mol. The Bertz CT molecular complexity index is 718. The highest BCUT2D eigenvalue weighted by Gasteiger charge is 2.58. The number of diazo groups is 1. The van der Waals surface area contributed by atoms with Crippen LogP contribution in [-0.2, 0) is 6.42 Å². The Morgan fingerprint density at radius 3 is 2.86 bits per heavy atom. The number of aryl methyl sites for hydroxylation is 1. The highest BCUT2D eigenvalue weighted by Crippen LogP contribution is 2.62. The molecule has 4 nitrogen and oxygen atoms in total. The Hall–Kier alpha value is -2.02. The lowest BCUT2D eigenvalue weighted by atomic mass is 9.55. The average molecular weight is 297 g/mol. The van der Waals surface area contributed by atoms with Gasteiger partial charge in [-0.15, -0.1) is 0 Å². The van der Waals surface area contributed by atoms with E-state index in [1.165, 1.54) is 11.1 Å². The maximum absolute atomic E-state index is 10.5. The van der Waals surface area contributed by atoms with Crippen molar-refractivity contribution in [2.24, 2.45) is 17.3 Å². The summed E-state index contributed by atoms with van der Waals surface area (Å²) in [5, 5.41) is 29.3. The number of rotatable bonds is 0. The molecule has 0 radical (unpaired) electrons. The second-order valence-electron chi connectivity index (χ2n) is 7.35. The molecule has 0 heterocycles. The van der Waals surface area contributed by atoms with E-state index in [1.54, 1.807) is 6.07 Å². The van der Waals surface area contributed by atoms with Crippen LogP contribution < -0.4 is 0 Å². The van der Waals surface area contributed by atoms with E-state index in [2.05, 4.69) is 18.0 Å². The van der Waals surface area contributed by atoms with Gasteiger partial charge in [-0.2, -0.15) is 0 Å². The zero-order valence-corrected chi connectivity index (χ0v) is 12.8. The fraction of sp³-hybridized carbons (Fsp3) is 0.556. The topological polar surface area (TPSA) is 68.6 Å². The molecule has 2 N–H and O–H groups in total. The predicted octanol–water partition coefficient (Wildman–Crippen LogP) is 4.48. The van der Waals surface area contributed by atoms with Crippen molar-refractivity contribution in [2.45, 2.75) is 44.9 Å². The lowest BCUT2D eigenvalue weighted by Crippen LogP contribution is -2.41. The molecule has 0 bridgehead atoms. The van der Waals surface area contributed by atoms with Crippen molar-refractivity contribution in [2.75, 3.05) is 0 Å². The van der Waals surface area contributed by atoms with Gasteiger partial charge in [0.15, 0.2) is 10.7 Å². The first-order chi connectivity index (χ1) is 10.5. The minimum atomic E-state index is -0.239. The number of hydrogen-bond acceptors (Lipinski definition) is 3. The molecule has 4 atom stereocenters. The molecule has 1 aromatic rings. The molecule has 1 aromatic carbocycles. The molecule has 114 valence electrons. The van der Waals surface area contributed by atoms with Gasteiger partial charge in [-0.1, -0.05) is 13.0 Å². The molecule has 3 aliphatic carbocycles. The number of phenols is 1. The van der Waals surface area contributed by atoms with Crippen molar-refractivity contribution in [3.05, 3.63) is 45.8 Å². The Balaban J connectivity index is 1.72. The van der Waals surface area contributed by atoms with E-state index in [1.807, 2.05) is 6.07 Å². The Labute approximate surface area is 130 Å². The molecule has 0 aliphatic heterocycles. The standard InChI is InChI=1S/C18H20N2O2/c1-18-7-6-13-12-5-3-11(21)8-10(12)2-4-14(13)15(18)9-16(20-19)17(18)22/h3,5,8,13-15H,2,4,6-7,9H2,1H3,(H-,21,22)/p+1/t13-,14-,15+,18+/m1/s1. The Morgan fingerprint density at radius 2 is 2.09 bits per heavy atom. The minimum absolute atomic E-state index is 0.239. The maximum atomic E-state index is 10.5. The van der Waals surface area contributed by atoms with E-state index in [-0.39, 0.29) is 5.41 Å². The highest BCUT2D eigenvalue weighted by atomic mass is 16.3. The summed E-state index contributed by atoms with van der Waals surface area (Å²) in [7, 11) is 0. The zero-order valence-electron chi connectivity index (χ0n) is 12.8. The minimum Gasteiger partial charge on any atom is -0.508 e. The van der Waals surface area contributed by atoms with Crippen molar-refractivity contribution in [1.82, 2.24) is 0 Å². The Morgan fingerprint density at radius 1 is 1.27 bits per heavy atom. The van der Waals surface area contributed by atoms with Crippen LogP contribution >= 0.6 is 0 Å². The molecule has 0 aromatic heterocycles. The fourth-order valence-electron chi connectivity index (χ4n) is 5.28. The summed E-state index contributed by atoms with van der Waals surface area (Å²) in [5.74, 6) is 2.00. The van der Waals surface area contributed by atoms with E-state index in [0.717, 1.165) is 25.7 Å². The molecule has 0 saturated heterocycles. The fourth-order valence-corrected chi connectivity index (χ4v) is 5.28. The molecular formula is C18H21N2O2+. The van der Waals surface area contributed by atoms with Gasteiger partial charge in [-0.05, 0) is 66.7 Å². The van der Waals surface area contributed by atoms with Gasteiger partial charge in [0, 0.05) is 5.41 Å². The van der Waals surface area contributed by atoms with Crippen LogP contribution in [0.2, 0.25) is 0 Å². The van der Waals surface area contributed by atoms with E-state index in [4.69, 9.17) is 5.39 Å². The van der Waals surface area contributed by atoms with Crippen molar-refractivity contribution < 1.29 is 10.2 Å². The maximum Gasteiger partial charge on any atom is 0.399 e. The van der Waals surface area contributed by atoms with E-state index in [0.29, 0.717) is 41.4 Å². The molecule has 4 heteroatoms. The van der Waals surface area contributed by atoms with Crippen molar-refractivity contribution in [3.8, 4) is 5.75 Å². The van der Waals surface area contributed by atoms with Gasteiger partial charge >= 0.3 is 5.70 Å². The van der Waals surface area contributed by atoms with Crippen LogP contribution in [0.25, 0.3) is 4.98 Å². The van der Waals surface area contributed by atoms with E-state index < -0.39 is 0 Å². The normalized spacial score (nSPS) is 36.3. The van der Waals surface area contributed by atoms with Gasteiger partial charge in [0.25, 0.3) is 0 Å². The van der Waals surface area contributed by atoms with Crippen LogP contribution in [0.1, 0.15) is 49.7 Å². The van der Waals surface area contributed by atoms with Crippen molar-refractivity contribution in [1.29, 1.82) is 5.39 Å². The van der Waals surface area contributed by atoms with Crippen LogP contribution in [0, 0.1) is 22.6 Å². The largest absolute Gasteiger partial charge is 0.508 e. The van der Waals surface area contributed by atoms with Gasteiger partial charge in [0.1, 0.15) is 5.75 Å². The van der Waals surface area contributed by atoms with Gasteiger partial charge in [-0.25, -0.2) is 0 Å². The summed E-state index contributed by atoms with van der Waals surface area (Å²) < 4.78 is 0. The SMILES string of the molecule is C[C@]12CC[C@@H]3c4ccc(O)cc4CC[C@H]3[C@@H]1CC([N+]#N)=C2O. The molecule has 3 aliphatic rings. The number of fused-ring (bicyclic) bond motifs is 5. The lowest BCUT2D eigenvalue weighted by molar-refractivity contribution is 0.0477. The second kappa shape index (κ2) is 4.49. The highest BCUT2D eigenvalue weighted by molar-refractivity contribution is 5.41. The number of aromatic hydroxyl groups is 1. The van der Waals surface area contributed by atoms with Crippen LogP contribution in [0.3, 0.4) is 0 Å². The number of allylic oxidation sites excluding steroid dienone is 2. The third-order valence-electron chi connectivity index (χ3n) is 6.45. The molecular weight excluding hydrogens is 276 g/mol. The average Bonchev–Trinajstić information content (AvgIpc) is 2.78. The summed E-state index contributed by atoms with van der Waals surface area (Å²) in [6, 6.07) is 5.76. The van der Waals surface area contributed by atoms with E-state index >= 15 is 0 Å². The van der Waals surface area contributed by atoms with E-state index in [9.17, 15) is 10.2 Å². The molecule has 0 unspecified atom stereocenters. The third kappa shape index (κ3) is 1.65. The van der Waals surface area contributed by atoms with Gasteiger partial charge < -0.3 is 10.2 Å². The first-order valence-electron chi connectivity index (χ1n) is 8.14. The van der Waals surface area contributed by atoms with Crippen molar-refractivity contribution >= 4 is 0 Å². The molecule has 22 heavy (non-hydrogen) atoms. The van der Waals surface area contributed by atoms with Crippen LogP contribution in [-0.4, -0.2) is 10.2 Å². The van der Waals surface area contributed by atoms with Gasteiger partial charge in [-0.3, -0.25) is 0 Å². The predicted molar refractivity (Wildman–Crippen MR) is 82.8 cm³/mol. The van der Waals surface area contributed by atoms with Crippen LogP contribution in [0.4, 0.5) is 0 Å². The first-order valence-corrected chi connectivity index (χ1v) is 8.14. The van der Waals surface area contributed by atoms with Crippen LogP contribution in [0.5, 0.6) is 5.75 Å². The second-order valence-corrected chi connectivity index (χ2v) is 7.35. The molecule has 1 fully saturated rings. The molecule has 1 saturated carbocycles. The smallest absolute Gasteiger partial charge is 0.399 e. The Kier molecular flexibility index (Phi) is 2.78. The summed E-state index contributed by atoms with van der Waals surface area (Å²) in [5.41, 5.74) is 2.87. The van der Waals surface area contributed by atoms with Gasteiger partial charge in [0.05, 0.1) is 6.42 Å². The number of nitrogens with zero attached hydrogens (tertiary/aromatic N) is 2.